The van der Waals surface area contributed by atoms with Gasteiger partial charge in [-0.1, -0.05) is 121 Å². The van der Waals surface area contributed by atoms with Gasteiger partial charge in [0, 0.05) is 64.7 Å². The maximum Gasteiger partial charge on any atom is 0.0585 e. The fraction of sp³-hybridized carbons (Fsp3) is 0.160. The SMILES string of the molecule is C1=CC2CCc3ccccc3N(C3=CC4=C(CC3)c3ccc5c6c(ccc(c36)S4)Sc3cc(N4c6ccccc6CCc6ccccc64)ccc3-5)C2C=C1. The van der Waals surface area contributed by atoms with Crippen molar-refractivity contribution in [2.75, 3.05) is 9.80 Å². The predicted molar refractivity (Wildman–Crippen MR) is 228 cm³/mol. The average molecular weight is 731 g/mol. The van der Waals surface area contributed by atoms with Gasteiger partial charge >= 0.3 is 0 Å². The molecular weight excluding hydrogens is 693 g/mol. The molecule has 2 nitrogen and oxygen atoms in total. The third-order valence-corrected chi connectivity index (χ3v) is 14.8. The Hall–Kier alpha value is -5.16. The van der Waals surface area contributed by atoms with Crippen LogP contribution in [0.5, 0.6) is 0 Å². The van der Waals surface area contributed by atoms with Gasteiger partial charge in [-0.2, -0.15) is 0 Å². The second-order valence-corrected chi connectivity index (χ2v) is 17.6. The molecule has 4 heterocycles. The zero-order valence-corrected chi connectivity index (χ0v) is 31.6. The van der Waals surface area contributed by atoms with Gasteiger partial charge in [-0.15, -0.1) is 0 Å². The lowest BCUT2D eigenvalue weighted by atomic mass is 9.86. The minimum Gasteiger partial charge on any atom is -0.337 e. The van der Waals surface area contributed by atoms with Gasteiger partial charge in [0.15, 0.2) is 0 Å². The van der Waals surface area contributed by atoms with E-state index >= 15 is 0 Å². The molecule has 0 saturated heterocycles. The molecule has 0 aromatic heterocycles. The van der Waals surface area contributed by atoms with Crippen molar-refractivity contribution in [3.63, 3.8) is 0 Å². The molecule has 0 fully saturated rings. The molecule has 0 bridgehead atoms. The molecule has 2 unspecified atom stereocenters. The first-order valence-corrected chi connectivity index (χ1v) is 21.1. The quantitative estimate of drug-likeness (QED) is 0.175. The third-order valence-electron chi connectivity index (χ3n) is 12.5. The van der Waals surface area contributed by atoms with Crippen LogP contribution in [0, 0.1) is 5.92 Å². The van der Waals surface area contributed by atoms with E-state index < -0.39 is 0 Å². The van der Waals surface area contributed by atoms with E-state index in [-0.39, 0.29) is 0 Å². The molecule has 0 N–H and O–H groups in total. The maximum absolute atomic E-state index is 2.69. The van der Waals surface area contributed by atoms with Crippen LogP contribution in [0.4, 0.5) is 22.7 Å². The molecule has 260 valence electrons. The summed E-state index contributed by atoms with van der Waals surface area (Å²) in [7, 11) is 0. The van der Waals surface area contributed by atoms with Crippen molar-refractivity contribution < 1.29 is 0 Å². The summed E-state index contributed by atoms with van der Waals surface area (Å²) in [5, 5.41) is 2.88. The number of benzene rings is 6. The van der Waals surface area contributed by atoms with E-state index in [2.05, 4.69) is 155 Å². The van der Waals surface area contributed by atoms with Gasteiger partial charge in [-0.05, 0) is 126 Å². The first kappa shape index (κ1) is 31.2. The number of aryl methyl sites for hydroxylation is 3. The predicted octanol–water partition coefficient (Wildman–Crippen LogP) is 13.6. The Morgan fingerprint density at radius 1 is 0.519 bits per heavy atom. The molecule has 2 atom stereocenters. The maximum atomic E-state index is 2.69. The summed E-state index contributed by atoms with van der Waals surface area (Å²) >= 11 is 3.93. The zero-order chi connectivity index (χ0) is 35.3. The highest BCUT2D eigenvalue weighted by Crippen LogP contribution is 2.57. The van der Waals surface area contributed by atoms with Crippen LogP contribution < -0.4 is 9.80 Å². The van der Waals surface area contributed by atoms with E-state index in [0.717, 1.165) is 32.1 Å². The number of thioether (sulfide) groups is 1. The van der Waals surface area contributed by atoms with Gasteiger partial charge in [0.25, 0.3) is 0 Å². The summed E-state index contributed by atoms with van der Waals surface area (Å²) in [4.78, 5) is 10.7. The Morgan fingerprint density at radius 3 is 1.96 bits per heavy atom. The molecule has 6 aromatic carbocycles. The lowest BCUT2D eigenvalue weighted by molar-refractivity contribution is 0.522. The average Bonchev–Trinajstić information content (AvgIpc) is 3.50. The van der Waals surface area contributed by atoms with E-state index in [4.69, 9.17) is 0 Å². The van der Waals surface area contributed by atoms with Gasteiger partial charge in [0.05, 0.1) is 6.04 Å². The molecule has 6 aromatic rings. The Balaban J connectivity index is 0.954. The minimum atomic E-state index is 0.362. The fourth-order valence-corrected chi connectivity index (χ4v) is 12.4. The van der Waals surface area contributed by atoms with Gasteiger partial charge < -0.3 is 9.80 Å². The van der Waals surface area contributed by atoms with Crippen LogP contribution >= 0.6 is 23.5 Å². The molecule has 0 amide bonds. The second kappa shape index (κ2) is 12.2. The third kappa shape index (κ3) is 4.69. The summed E-state index contributed by atoms with van der Waals surface area (Å²) in [6.07, 6.45) is 18.5. The number of nitrogens with zero attached hydrogens (tertiary/aromatic N) is 2. The molecule has 4 heteroatoms. The van der Waals surface area contributed by atoms with E-state index in [1.807, 2.05) is 23.5 Å². The molecule has 54 heavy (non-hydrogen) atoms. The van der Waals surface area contributed by atoms with Crippen LogP contribution in [0.25, 0.3) is 27.5 Å². The van der Waals surface area contributed by atoms with Crippen LogP contribution in [-0.2, 0) is 19.3 Å². The smallest absolute Gasteiger partial charge is 0.0585 e. The summed E-state index contributed by atoms with van der Waals surface area (Å²) in [5.41, 5.74) is 16.6. The highest BCUT2D eigenvalue weighted by molar-refractivity contribution is 8.03. The van der Waals surface area contributed by atoms with E-state index in [1.165, 1.54) is 104 Å². The number of hydrogen-bond donors (Lipinski definition) is 0. The van der Waals surface area contributed by atoms with Gasteiger partial charge in [-0.25, -0.2) is 0 Å². The Kier molecular flexibility index (Phi) is 7.04. The van der Waals surface area contributed by atoms with Gasteiger partial charge in [0.1, 0.15) is 0 Å². The summed E-state index contributed by atoms with van der Waals surface area (Å²) < 4.78 is 0. The van der Waals surface area contributed by atoms with Crippen molar-refractivity contribution in [2.45, 2.75) is 59.3 Å². The Bertz CT molecular complexity index is 2670. The highest BCUT2D eigenvalue weighted by atomic mass is 32.2. The molecular formula is C50H38N2S2. The molecule has 0 spiro atoms. The Labute approximate surface area is 325 Å². The summed E-state index contributed by atoms with van der Waals surface area (Å²) in [6.45, 7) is 0. The van der Waals surface area contributed by atoms with Gasteiger partial charge in [-0.3, -0.25) is 0 Å². The monoisotopic (exact) mass is 730 g/mol. The molecule has 6 aliphatic rings. The fourth-order valence-electron chi connectivity index (χ4n) is 10.0. The van der Waals surface area contributed by atoms with Crippen LogP contribution in [0.3, 0.4) is 0 Å². The number of fused-ring (bicyclic) bond motifs is 7. The lowest BCUT2D eigenvalue weighted by Crippen LogP contribution is -2.38. The van der Waals surface area contributed by atoms with E-state index in [9.17, 15) is 0 Å². The topological polar surface area (TPSA) is 6.48 Å². The number of rotatable bonds is 2. The second-order valence-electron chi connectivity index (χ2n) is 15.4. The van der Waals surface area contributed by atoms with Crippen LogP contribution in [0.15, 0.2) is 171 Å². The minimum absolute atomic E-state index is 0.362. The van der Waals surface area contributed by atoms with Crippen molar-refractivity contribution >= 4 is 62.6 Å². The van der Waals surface area contributed by atoms with Crippen LogP contribution in [0.2, 0.25) is 0 Å². The van der Waals surface area contributed by atoms with Crippen molar-refractivity contribution in [3.05, 3.63) is 178 Å². The number of hydrogen-bond acceptors (Lipinski definition) is 4. The molecule has 0 radical (unpaired) electrons. The normalized spacial score (nSPS) is 20.2. The molecule has 12 rings (SSSR count). The van der Waals surface area contributed by atoms with Crippen molar-refractivity contribution in [3.8, 4) is 11.1 Å². The number of allylic oxidation sites excluding steroid dienone is 5. The highest BCUT2D eigenvalue weighted by Gasteiger charge is 2.35. The van der Waals surface area contributed by atoms with Crippen molar-refractivity contribution in [1.29, 1.82) is 0 Å². The Morgan fingerprint density at radius 2 is 1.17 bits per heavy atom. The van der Waals surface area contributed by atoms with Crippen molar-refractivity contribution in [2.24, 2.45) is 5.92 Å². The van der Waals surface area contributed by atoms with Gasteiger partial charge in [0.2, 0.25) is 0 Å². The summed E-state index contributed by atoms with van der Waals surface area (Å²) in [6, 6.07) is 44.2. The number of para-hydroxylation sites is 3. The molecule has 4 aliphatic heterocycles. The van der Waals surface area contributed by atoms with Crippen LogP contribution in [0.1, 0.15) is 41.5 Å². The molecule has 2 aliphatic carbocycles. The number of anilines is 4. The van der Waals surface area contributed by atoms with Crippen LogP contribution in [-0.4, -0.2) is 6.04 Å². The van der Waals surface area contributed by atoms with E-state index in [0.29, 0.717) is 12.0 Å². The standard InChI is InChI=1S/C50H38N2S2/c1-5-13-41-31(9-1)17-18-32-10-2-6-14-42(32)51(41)35-21-23-37-39-25-26-40-38-24-22-36(30-48(38)54-46-28-27-45(49(39)50(40)46)53-47(37)29-35)52-43-15-7-3-11-33(43)19-20-34-12-4-8-16-44(34)52/h1-16,21,23,25-30,33,43H,17-20,22,24H2. The largest absolute Gasteiger partial charge is 0.337 e. The zero-order valence-electron chi connectivity index (χ0n) is 30.0. The van der Waals surface area contributed by atoms with E-state index in [1.54, 1.807) is 0 Å². The summed E-state index contributed by atoms with van der Waals surface area (Å²) in [5.74, 6) is 0.530. The van der Waals surface area contributed by atoms with Crippen molar-refractivity contribution in [1.82, 2.24) is 0 Å². The first-order chi connectivity index (χ1) is 26.8. The lowest BCUT2D eigenvalue weighted by Gasteiger charge is -2.39. The molecule has 0 saturated carbocycles. The first-order valence-electron chi connectivity index (χ1n) is 19.5.